The van der Waals surface area contributed by atoms with Crippen LogP contribution in [0.3, 0.4) is 0 Å². The lowest BCUT2D eigenvalue weighted by molar-refractivity contribution is 0.0697. The van der Waals surface area contributed by atoms with Crippen molar-refractivity contribution in [1.29, 1.82) is 0 Å². The van der Waals surface area contributed by atoms with E-state index in [9.17, 15) is 4.79 Å². The molecule has 0 amide bonds. The summed E-state index contributed by atoms with van der Waals surface area (Å²) in [5, 5.41) is 9.39. The number of hydrogen-bond donors (Lipinski definition) is 1. The molecule has 1 atom stereocenters. The number of carboxylic acid groups (broad SMARTS) is 1. The standard InChI is InChI=1S/C18H18ClNO3/c1-3-12(2)23-17-9-4-13(10-16(17)19)11-20-15-7-5-14(6-8-15)18(21)22/h4-12H,3H2,1-2H3,(H,21,22)/t12-/m0/s1. The largest absolute Gasteiger partial charge is 0.489 e. The predicted molar refractivity (Wildman–Crippen MR) is 92.5 cm³/mol. The Hall–Kier alpha value is -2.33. The van der Waals surface area contributed by atoms with Gasteiger partial charge in [-0.25, -0.2) is 4.79 Å². The highest BCUT2D eigenvalue weighted by atomic mass is 35.5. The molecule has 5 heteroatoms. The van der Waals surface area contributed by atoms with Gasteiger partial charge in [-0.05, 0) is 61.4 Å². The first-order valence-corrected chi connectivity index (χ1v) is 7.71. The molecule has 0 bridgehead atoms. The first-order valence-electron chi connectivity index (χ1n) is 7.33. The molecule has 2 aromatic rings. The summed E-state index contributed by atoms with van der Waals surface area (Å²) >= 11 is 6.22. The molecular formula is C18H18ClNO3. The second kappa shape index (κ2) is 7.79. The van der Waals surface area contributed by atoms with Crippen molar-refractivity contribution in [3.05, 3.63) is 58.6 Å². The van der Waals surface area contributed by atoms with Crippen LogP contribution in [0.2, 0.25) is 5.02 Å². The fraction of sp³-hybridized carbons (Fsp3) is 0.222. The molecule has 0 fully saturated rings. The first kappa shape index (κ1) is 17.0. The fourth-order valence-corrected chi connectivity index (χ4v) is 2.07. The number of ether oxygens (including phenoxy) is 1. The van der Waals surface area contributed by atoms with Crippen molar-refractivity contribution >= 4 is 29.5 Å². The zero-order chi connectivity index (χ0) is 16.8. The maximum Gasteiger partial charge on any atom is 0.335 e. The van der Waals surface area contributed by atoms with E-state index in [0.29, 0.717) is 16.5 Å². The summed E-state index contributed by atoms with van der Waals surface area (Å²) < 4.78 is 5.72. The predicted octanol–water partition coefficient (Wildman–Crippen LogP) is 4.97. The normalized spacial score (nSPS) is 12.3. The Labute approximate surface area is 140 Å². The van der Waals surface area contributed by atoms with Crippen molar-refractivity contribution in [3.63, 3.8) is 0 Å². The van der Waals surface area contributed by atoms with Gasteiger partial charge in [-0.15, -0.1) is 0 Å². The van der Waals surface area contributed by atoms with E-state index in [4.69, 9.17) is 21.4 Å². The summed E-state index contributed by atoms with van der Waals surface area (Å²) in [6, 6.07) is 11.8. The SMILES string of the molecule is CC[C@H](C)Oc1ccc(C=Nc2ccc(C(=O)O)cc2)cc1Cl. The topological polar surface area (TPSA) is 58.9 Å². The molecular weight excluding hydrogens is 314 g/mol. The van der Waals surface area contributed by atoms with E-state index in [0.717, 1.165) is 12.0 Å². The van der Waals surface area contributed by atoms with Crippen molar-refractivity contribution < 1.29 is 14.6 Å². The monoisotopic (exact) mass is 331 g/mol. The van der Waals surface area contributed by atoms with Gasteiger partial charge in [0.2, 0.25) is 0 Å². The van der Waals surface area contributed by atoms with Crippen LogP contribution >= 0.6 is 11.6 Å². The number of aliphatic imine (C=N–C) groups is 1. The van der Waals surface area contributed by atoms with E-state index in [2.05, 4.69) is 11.9 Å². The van der Waals surface area contributed by atoms with Gasteiger partial charge in [0.1, 0.15) is 5.75 Å². The third-order valence-electron chi connectivity index (χ3n) is 3.34. The number of nitrogens with zero attached hydrogens (tertiary/aromatic N) is 1. The first-order chi connectivity index (χ1) is 11.0. The quantitative estimate of drug-likeness (QED) is 0.760. The molecule has 0 spiro atoms. The Morgan fingerprint density at radius 1 is 1.30 bits per heavy atom. The minimum absolute atomic E-state index is 0.111. The van der Waals surface area contributed by atoms with Gasteiger partial charge in [0.05, 0.1) is 22.4 Å². The molecule has 0 aliphatic heterocycles. The van der Waals surface area contributed by atoms with Crippen LogP contribution < -0.4 is 4.74 Å². The lowest BCUT2D eigenvalue weighted by Crippen LogP contribution is -2.09. The lowest BCUT2D eigenvalue weighted by Gasteiger charge is -2.13. The minimum atomic E-state index is -0.954. The van der Waals surface area contributed by atoms with Crippen LogP contribution in [0.1, 0.15) is 36.2 Å². The van der Waals surface area contributed by atoms with Gasteiger partial charge in [-0.2, -0.15) is 0 Å². The highest BCUT2D eigenvalue weighted by Crippen LogP contribution is 2.26. The molecule has 0 unspecified atom stereocenters. The van der Waals surface area contributed by atoms with Gasteiger partial charge < -0.3 is 9.84 Å². The van der Waals surface area contributed by atoms with Gasteiger partial charge >= 0.3 is 5.97 Å². The van der Waals surface area contributed by atoms with Crippen LogP contribution in [-0.2, 0) is 0 Å². The summed E-state index contributed by atoms with van der Waals surface area (Å²) in [7, 11) is 0. The Bertz CT molecular complexity index is 711. The van der Waals surface area contributed by atoms with Crippen LogP contribution in [0.5, 0.6) is 5.75 Å². The molecule has 0 heterocycles. The van der Waals surface area contributed by atoms with E-state index in [1.807, 2.05) is 19.1 Å². The number of carbonyl (C=O) groups is 1. The van der Waals surface area contributed by atoms with Crippen LogP contribution in [0, 0.1) is 0 Å². The van der Waals surface area contributed by atoms with Gasteiger partial charge in [0.15, 0.2) is 0 Å². The highest BCUT2D eigenvalue weighted by Gasteiger charge is 2.06. The van der Waals surface area contributed by atoms with E-state index in [1.54, 1.807) is 24.4 Å². The molecule has 2 aromatic carbocycles. The maximum absolute atomic E-state index is 10.8. The van der Waals surface area contributed by atoms with Gasteiger partial charge in [0, 0.05) is 6.21 Å². The summed E-state index contributed by atoms with van der Waals surface area (Å²) in [6.45, 7) is 4.04. The average molecular weight is 332 g/mol. The highest BCUT2D eigenvalue weighted by molar-refractivity contribution is 6.32. The Morgan fingerprint density at radius 2 is 2.00 bits per heavy atom. The molecule has 0 aromatic heterocycles. The molecule has 0 saturated carbocycles. The Morgan fingerprint density at radius 3 is 2.57 bits per heavy atom. The molecule has 1 N–H and O–H groups in total. The van der Waals surface area contributed by atoms with Crippen LogP contribution in [0.25, 0.3) is 0 Å². The third kappa shape index (κ3) is 4.83. The number of carboxylic acids is 1. The van der Waals surface area contributed by atoms with Crippen molar-refractivity contribution in [2.75, 3.05) is 0 Å². The third-order valence-corrected chi connectivity index (χ3v) is 3.63. The molecule has 2 rings (SSSR count). The molecule has 0 aliphatic carbocycles. The molecule has 23 heavy (non-hydrogen) atoms. The van der Waals surface area contributed by atoms with E-state index < -0.39 is 5.97 Å². The van der Waals surface area contributed by atoms with Crippen LogP contribution in [0.4, 0.5) is 5.69 Å². The van der Waals surface area contributed by atoms with Crippen molar-refractivity contribution in [1.82, 2.24) is 0 Å². The second-order valence-electron chi connectivity index (χ2n) is 5.14. The summed E-state index contributed by atoms with van der Waals surface area (Å²) in [6.07, 6.45) is 2.69. The van der Waals surface area contributed by atoms with Gasteiger partial charge in [0.25, 0.3) is 0 Å². The fourth-order valence-electron chi connectivity index (χ4n) is 1.83. The van der Waals surface area contributed by atoms with Crippen LogP contribution in [-0.4, -0.2) is 23.4 Å². The van der Waals surface area contributed by atoms with Crippen molar-refractivity contribution in [2.24, 2.45) is 4.99 Å². The van der Waals surface area contributed by atoms with Gasteiger partial charge in [-0.3, -0.25) is 4.99 Å². The van der Waals surface area contributed by atoms with E-state index >= 15 is 0 Å². The number of halogens is 1. The smallest absolute Gasteiger partial charge is 0.335 e. The summed E-state index contributed by atoms with van der Waals surface area (Å²) in [4.78, 5) is 15.1. The summed E-state index contributed by atoms with van der Waals surface area (Å²) in [5.41, 5.74) is 1.75. The maximum atomic E-state index is 10.8. The number of hydrogen-bond acceptors (Lipinski definition) is 3. The molecule has 0 saturated heterocycles. The number of benzene rings is 2. The Kier molecular flexibility index (Phi) is 5.77. The molecule has 0 radical (unpaired) electrons. The minimum Gasteiger partial charge on any atom is -0.489 e. The van der Waals surface area contributed by atoms with Crippen molar-refractivity contribution in [3.8, 4) is 5.75 Å². The zero-order valence-electron chi connectivity index (χ0n) is 13.0. The van der Waals surface area contributed by atoms with Crippen LogP contribution in [0.15, 0.2) is 47.5 Å². The number of rotatable bonds is 6. The molecule has 0 aliphatic rings. The van der Waals surface area contributed by atoms with Crippen molar-refractivity contribution in [2.45, 2.75) is 26.4 Å². The van der Waals surface area contributed by atoms with E-state index in [-0.39, 0.29) is 11.7 Å². The Balaban J connectivity index is 2.10. The van der Waals surface area contributed by atoms with Gasteiger partial charge in [-0.1, -0.05) is 18.5 Å². The average Bonchev–Trinajstić information content (AvgIpc) is 2.55. The molecule has 120 valence electrons. The molecule has 4 nitrogen and oxygen atoms in total. The lowest BCUT2D eigenvalue weighted by atomic mass is 10.2. The summed E-state index contributed by atoms with van der Waals surface area (Å²) in [5.74, 6) is -0.298. The zero-order valence-corrected chi connectivity index (χ0v) is 13.7. The van der Waals surface area contributed by atoms with E-state index in [1.165, 1.54) is 12.1 Å². The number of aromatic carboxylic acids is 1. The second-order valence-corrected chi connectivity index (χ2v) is 5.54.